The number of nitrogens with one attached hydrogen (secondary N) is 3. The Kier molecular flexibility index (Phi) is 7.66. The molecule has 0 aliphatic heterocycles. The zero-order valence-electron chi connectivity index (χ0n) is 14.1. The Morgan fingerprint density at radius 2 is 1.74 bits per heavy atom. The van der Waals surface area contributed by atoms with E-state index in [-0.39, 0.29) is 18.2 Å². The van der Waals surface area contributed by atoms with Crippen molar-refractivity contribution in [3.63, 3.8) is 0 Å². The first-order chi connectivity index (χ1) is 10.9. The lowest BCUT2D eigenvalue weighted by molar-refractivity contribution is -0.122. The molecule has 23 heavy (non-hydrogen) atoms. The molecule has 0 atom stereocenters. The molecule has 0 radical (unpaired) electrons. The second-order valence-electron chi connectivity index (χ2n) is 5.55. The van der Waals surface area contributed by atoms with E-state index >= 15 is 0 Å². The Morgan fingerprint density at radius 1 is 1.09 bits per heavy atom. The Hall–Kier alpha value is -2.50. The summed E-state index contributed by atoms with van der Waals surface area (Å²) in [6, 6.07) is 7.54. The van der Waals surface area contributed by atoms with Gasteiger partial charge in [0.25, 0.3) is 0 Å². The van der Waals surface area contributed by atoms with Gasteiger partial charge in [0.15, 0.2) is 0 Å². The Morgan fingerprint density at radius 3 is 2.30 bits per heavy atom. The number of nitrogens with zero attached hydrogens (tertiary/aromatic N) is 1. The topological polar surface area (TPSA) is 73.5 Å². The number of amides is 2. The summed E-state index contributed by atoms with van der Waals surface area (Å²) in [7, 11) is 3.91. The normalized spacial score (nSPS) is 9.87. The molecule has 126 valence electrons. The second kappa shape index (κ2) is 9.50. The summed E-state index contributed by atoms with van der Waals surface area (Å²) in [6.07, 6.45) is 2.34. The zero-order chi connectivity index (χ0) is 17.2. The highest BCUT2D eigenvalue weighted by atomic mass is 16.2. The molecule has 6 heteroatoms. The molecule has 0 heterocycles. The average molecular weight is 318 g/mol. The van der Waals surface area contributed by atoms with Gasteiger partial charge in [-0.3, -0.25) is 15.0 Å². The molecule has 3 N–H and O–H groups in total. The lowest BCUT2D eigenvalue weighted by atomic mass is 10.2. The van der Waals surface area contributed by atoms with E-state index in [1.165, 1.54) is 0 Å². The van der Waals surface area contributed by atoms with Crippen molar-refractivity contribution in [3.05, 3.63) is 36.5 Å². The molecular formula is C17H26N4O2. The molecule has 0 unspecified atom stereocenters. The van der Waals surface area contributed by atoms with Crippen molar-refractivity contribution in [1.29, 1.82) is 0 Å². The summed E-state index contributed by atoms with van der Waals surface area (Å²) in [6.45, 7) is 5.76. The maximum absolute atomic E-state index is 11.9. The summed E-state index contributed by atoms with van der Waals surface area (Å²) in [5, 5.41) is 2.79. The predicted molar refractivity (Wildman–Crippen MR) is 94.0 cm³/mol. The van der Waals surface area contributed by atoms with E-state index in [1.54, 1.807) is 0 Å². The van der Waals surface area contributed by atoms with Gasteiger partial charge in [0.05, 0.1) is 6.42 Å². The largest absolute Gasteiger partial charge is 0.378 e. The summed E-state index contributed by atoms with van der Waals surface area (Å²) >= 11 is 0. The Balaban J connectivity index is 2.35. The van der Waals surface area contributed by atoms with Crippen LogP contribution < -0.4 is 21.1 Å². The molecule has 0 saturated heterocycles. The number of rotatable bonds is 9. The van der Waals surface area contributed by atoms with E-state index < -0.39 is 0 Å². The van der Waals surface area contributed by atoms with Crippen LogP contribution in [0.4, 0.5) is 11.4 Å². The van der Waals surface area contributed by atoms with Gasteiger partial charge in [-0.25, -0.2) is 0 Å². The highest BCUT2D eigenvalue weighted by Gasteiger charge is 2.06. The van der Waals surface area contributed by atoms with E-state index in [2.05, 4.69) is 22.7 Å². The van der Waals surface area contributed by atoms with Gasteiger partial charge in [0.2, 0.25) is 11.8 Å². The fourth-order valence-corrected chi connectivity index (χ4v) is 1.84. The number of carbonyl (C=O) groups is 2. The molecule has 0 aliphatic carbocycles. The number of hydrogen-bond donors (Lipinski definition) is 3. The molecule has 0 saturated carbocycles. The van der Waals surface area contributed by atoms with Crippen LogP contribution in [0.15, 0.2) is 36.5 Å². The fourth-order valence-electron chi connectivity index (χ4n) is 1.84. The van der Waals surface area contributed by atoms with Crippen LogP contribution in [0.1, 0.15) is 32.6 Å². The molecule has 0 bridgehead atoms. The molecule has 2 amide bonds. The minimum absolute atomic E-state index is 0.0868. The van der Waals surface area contributed by atoms with Gasteiger partial charge in [-0.1, -0.05) is 19.9 Å². The van der Waals surface area contributed by atoms with E-state index in [1.807, 2.05) is 50.2 Å². The number of hydrazine groups is 1. The first-order valence-electron chi connectivity index (χ1n) is 7.72. The third-order valence-corrected chi connectivity index (χ3v) is 3.18. The van der Waals surface area contributed by atoms with Crippen LogP contribution >= 0.6 is 0 Å². The first-order valence-corrected chi connectivity index (χ1v) is 7.72. The van der Waals surface area contributed by atoms with Crippen molar-refractivity contribution < 1.29 is 9.59 Å². The third kappa shape index (κ3) is 7.35. The van der Waals surface area contributed by atoms with Gasteiger partial charge in [-0.2, -0.15) is 0 Å². The molecule has 6 nitrogen and oxygen atoms in total. The Labute approximate surface area is 137 Å². The van der Waals surface area contributed by atoms with Crippen molar-refractivity contribution in [2.75, 3.05) is 24.3 Å². The minimum atomic E-state index is -0.192. The number of anilines is 2. The molecule has 1 rings (SSSR count). The molecule has 1 aromatic carbocycles. The van der Waals surface area contributed by atoms with Crippen molar-refractivity contribution in [2.45, 2.75) is 32.6 Å². The molecule has 0 aliphatic rings. The predicted octanol–water partition coefficient (Wildman–Crippen LogP) is 2.41. The van der Waals surface area contributed by atoms with Gasteiger partial charge in [0.1, 0.15) is 0 Å². The average Bonchev–Trinajstić information content (AvgIpc) is 2.51. The molecule has 0 spiro atoms. The van der Waals surface area contributed by atoms with Crippen molar-refractivity contribution in [2.24, 2.45) is 0 Å². The maximum atomic E-state index is 11.9. The van der Waals surface area contributed by atoms with Crippen LogP contribution in [0, 0.1) is 0 Å². The zero-order valence-corrected chi connectivity index (χ0v) is 14.1. The fraction of sp³-hybridized carbons (Fsp3) is 0.412. The van der Waals surface area contributed by atoms with Crippen molar-refractivity contribution >= 4 is 23.2 Å². The summed E-state index contributed by atoms with van der Waals surface area (Å²) < 4.78 is 0. The Bertz CT molecular complexity index is 538. The number of benzene rings is 1. The van der Waals surface area contributed by atoms with Gasteiger partial charge in [-0.15, -0.1) is 0 Å². The summed E-state index contributed by atoms with van der Waals surface area (Å²) in [5.74, 6) is -0.296. The minimum Gasteiger partial charge on any atom is -0.378 e. The van der Waals surface area contributed by atoms with Crippen LogP contribution in [0.5, 0.6) is 0 Å². The van der Waals surface area contributed by atoms with Gasteiger partial charge >= 0.3 is 0 Å². The first kappa shape index (κ1) is 18.5. The molecular weight excluding hydrogens is 292 g/mol. The SMILES string of the molecule is C=C(CC(=O)Nc1ccc(N(C)C)cc1)NNC(=O)CCCC. The van der Waals surface area contributed by atoms with E-state index in [0.717, 1.165) is 24.2 Å². The van der Waals surface area contributed by atoms with Crippen LogP contribution in [-0.4, -0.2) is 25.9 Å². The summed E-state index contributed by atoms with van der Waals surface area (Å²) in [4.78, 5) is 25.4. The molecule has 0 fully saturated rings. The van der Waals surface area contributed by atoms with E-state index in [4.69, 9.17) is 0 Å². The second-order valence-corrected chi connectivity index (χ2v) is 5.55. The quantitative estimate of drug-likeness (QED) is 0.611. The van der Waals surface area contributed by atoms with Gasteiger partial charge < -0.3 is 15.6 Å². The lowest BCUT2D eigenvalue weighted by Crippen LogP contribution is -2.37. The maximum Gasteiger partial charge on any atom is 0.238 e. The highest BCUT2D eigenvalue weighted by molar-refractivity contribution is 5.92. The molecule has 0 aromatic heterocycles. The lowest BCUT2D eigenvalue weighted by Gasteiger charge is -2.14. The smallest absolute Gasteiger partial charge is 0.238 e. The van der Waals surface area contributed by atoms with Crippen LogP contribution in [0.25, 0.3) is 0 Å². The third-order valence-electron chi connectivity index (χ3n) is 3.18. The monoisotopic (exact) mass is 318 g/mol. The highest BCUT2D eigenvalue weighted by Crippen LogP contribution is 2.15. The van der Waals surface area contributed by atoms with Crippen LogP contribution in [-0.2, 0) is 9.59 Å². The number of carbonyl (C=O) groups excluding carboxylic acids is 2. The van der Waals surface area contributed by atoms with Crippen molar-refractivity contribution in [1.82, 2.24) is 10.9 Å². The van der Waals surface area contributed by atoms with Crippen LogP contribution in [0.3, 0.4) is 0 Å². The van der Waals surface area contributed by atoms with E-state index in [0.29, 0.717) is 12.1 Å². The summed E-state index contributed by atoms with van der Waals surface area (Å²) in [5.41, 5.74) is 7.43. The van der Waals surface area contributed by atoms with E-state index in [9.17, 15) is 9.59 Å². The number of unbranched alkanes of at least 4 members (excludes halogenated alkanes) is 1. The van der Waals surface area contributed by atoms with Crippen LogP contribution in [0.2, 0.25) is 0 Å². The van der Waals surface area contributed by atoms with Gasteiger partial charge in [0, 0.05) is 37.6 Å². The standard InChI is InChI=1S/C17H26N4O2/c1-5-6-7-16(22)20-19-13(2)12-17(23)18-14-8-10-15(11-9-14)21(3)4/h8-11,19H,2,5-7,12H2,1,3-4H3,(H,18,23)(H,20,22). The molecule has 1 aromatic rings. The van der Waals surface area contributed by atoms with Crippen molar-refractivity contribution in [3.8, 4) is 0 Å². The van der Waals surface area contributed by atoms with Gasteiger partial charge in [-0.05, 0) is 30.7 Å². The number of hydrogen-bond acceptors (Lipinski definition) is 4.